The van der Waals surface area contributed by atoms with Gasteiger partial charge >= 0.3 is 5.97 Å². The minimum atomic E-state index is -0.645. The third kappa shape index (κ3) is 2.80. The van der Waals surface area contributed by atoms with Gasteiger partial charge in [0, 0.05) is 19.1 Å². The van der Waals surface area contributed by atoms with Crippen LogP contribution in [0.3, 0.4) is 0 Å². The highest BCUT2D eigenvalue weighted by atomic mass is 16.5. The van der Waals surface area contributed by atoms with Crippen molar-refractivity contribution in [3.63, 3.8) is 0 Å². The molecule has 0 radical (unpaired) electrons. The van der Waals surface area contributed by atoms with Crippen molar-refractivity contribution in [3.05, 3.63) is 0 Å². The molecule has 98 valence electrons. The number of carboxylic acid groups (broad SMARTS) is 1. The summed E-state index contributed by atoms with van der Waals surface area (Å²) >= 11 is 0. The molecule has 0 aromatic rings. The van der Waals surface area contributed by atoms with E-state index in [0.29, 0.717) is 6.04 Å². The van der Waals surface area contributed by atoms with E-state index < -0.39 is 5.97 Å². The fourth-order valence-corrected chi connectivity index (χ4v) is 3.19. The molecule has 0 aromatic carbocycles. The van der Waals surface area contributed by atoms with Gasteiger partial charge in [0.15, 0.2) is 0 Å². The van der Waals surface area contributed by atoms with Crippen LogP contribution in [0.4, 0.5) is 0 Å². The molecular weight excluding hydrogens is 218 g/mol. The molecule has 1 N–H and O–H groups in total. The molecule has 0 aromatic heterocycles. The van der Waals surface area contributed by atoms with Gasteiger partial charge in [-0.25, -0.2) is 0 Å². The maximum Gasteiger partial charge on any atom is 0.306 e. The number of nitrogens with zero attached hydrogens (tertiary/aromatic N) is 1. The first-order valence-electron chi connectivity index (χ1n) is 6.36. The molecule has 2 rings (SSSR count). The number of rotatable bonds is 2. The van der Waals surface area contributed by atoms with Gasteiger partial charge in [-0.05, 0) is 40.5 Å². The molecule has 2 aliphatic rings. The summed E-state index contributed by atoms with van der Waals surface area (Å²) in [6, 6.07) is 0.429. The van der Waals surface area contributed by atoms with Crippen LogP contribution in [-0.4, -0.2) is 46.3 Å². The van der Waals surface area contributed by atoms with Crippen LogP contribution in [-0.2, 0) is 9.53 Å². The Morgan fingerprint density at radius 1 is 1.18 bits per heavy atom. The highest BCUT2D eigenvalue weighted by Gasteiger charge is 2.45. The fraction of sp³-hybridized carbons (Fsp3) is 0.923. The Labute approximate surface area is 103 Å². The van der Waals surface area contributed by atoms with E-state index >= 15 is 0 Å². The SMILES string of the molecule is CC1(C)CN(C2CC(C(=O)O)C2)CC(C)(C)O1. The molecule has 17 heavy (non-hydrogen) atoms. The van der Waals surface area contributed by atoms with Gasteiger partial charge in [0.1, 0.15) is 0 Å². The zero-order valence-corrected chi connectivity index (χ0v) is 11.2. The van der Waals surface area contributed by atoms with E-state index in [4.69, 9.17) is 9.84 Å². The molecule has 1 aliphatic heterocycles. The van der Waals surface area contributed by atoms with Crippen LogP contribution in [0.25, 0.3) is 0 Å². The van der Waals surface area contributed by atoms with Crippen LogP contribution in [0.15, 0.2) is 0 Å². The molecule has 0 unspecified atom stereocenters. The number of carbonyl (C=O) groups is 1. The highest BCUT2D eigenvalue weighted by molar-refractivity contribution is 5.71. The maximum atomic E-state index is 10.8. The fourth-order valence-electron chi connectivity index (χ4n) is 3.19. The van der Waals surface area contributed by atoms with Gasteiger partial charge in [-0.2, -0.15) is 0 Å². The summed E-state index contributed by atoms with van der Waals surface area (Å²) in [5, 5.41) is 8.91. The smallest absolute Gasteiger partial charge is 0.306 e. The minimum absolute atomic E-state index is 0.130. The van der Waals surface area contributed by atoms with E-state index in [1.165, 1.54) is 0 Å². The van der Waals surface area contributed by atoms with Crippen molar-refractivity contribution in [1.82, 2.24) is 4.90 Å². The van der Waals surface area contributed by atoms with E-state index in [2.05, 4.69) is 32.6 Å². The lowest BCUT2D eigenvalue weighted by Gasteiger charge is -2.52. The predicted molar refractivity (Wildman–Crippen MR) is 65.0 cm³/mol. The van der Waals surface area contributed by atoms with Crippen molar-refractivity contribution in [2.75, 3.05) is 13.1 Å². The van der Waals surface area contributed by atoms with Crippen molar-refractivity contribution >= 4 is 5.97 Å². The highest BCUT2D eigenvalue weighted by Crippen LogP contribution is 2.37. The van der Waals surface area contributed by atoms with Crippen molar-refractivity contribution < 1.29 is 14.6 Å². The number of carboxylic acids is 1. The normalized spacial score (nSPS) is 36.2. The van der Waals surface area contributed by atoms with Crippen LogP contribution in [0.2, 0.25) is 0 Å². The number of ether oxygens (including phenoxy) is 1. The standard InChI is InChI=1S/C13H23NO3/c1-12(2)7-14(8-13(3,4)17-12)10-5-9(6-10)11(15)16/h9-10H,5-8H2,1-4H3,(H,15,16). The van der Waals surface area contributed by atoms with Gasteiger partial charge in [0.05, 0.1) is 17.1 Å². The molecule has 0 amide bonds. The van der Waals surface area contributed by atoms with Crippen LogP contribution in [0, 0.1) is 5.92 Å². The molecule has 1 saturated carbocycles. The molecule has 2 fully saturated rings. The van der Waals surface area contributed by atoms with Crippen LogP contribution in [0.1, 0.15) is 40.5 Å². The van der Waals surface area contributed by atoms with Gasteiger partial charge in [-0.1, -0.05) is 0 Å². The first kappa shape index (κ1) is 12.8. The van der Waals surface area contributed by atoms with Crippen LogP contribution >= 0.6 is 0 Å². The van der Waals surface area contributed by atoms with Crippen molar-refractivity contribution in [2.24, 2.45) is 5.92 Å². The average molecular weight is 241 g/mol. The van der Waals surface area contributed by atoms with E-state index in [1.807, 2.05) is 0 Å². The lowest BCUT2D eigenvalue weighted by molar-refractivity contribution is -0.196. The second-order valence-corrected chi connectivity index (χ2v) is 6.69. The lowest BCUT2D eigenvalue weighted by atomic mass is 9.78. The summed E-state index contributed by atoms with van der Waals surface area (Å²) in [7, 11) is 0. The maximum absolute atomic E-state index is 10.8. The summed E-state index contributed by atoms with van der Waals surface area (Å²) in [6.07, 6.45) is 1.59. The van der Waals surface area contributed by atoms with Crippen molar-refractivity contribution in [2.45, 2.75) is 57.8 Å². The quantitative estimate of drug-likeness (QED) is 0.800. The first-order valence-corrected chi connectivity index (χ1v) is 6.36. The molecule has 0 atom stereocenters. The summed E-state index contributed by atoms with van der Waals surface area (Å²) in [5.74, 6) is -0.776. The van der Waals surface area contributed by atoms with Crippen LogP contribution < -0.4 is 0 Å². The minimum Gasteiger partial charge on any atom is -0.481 e. The molecule has 1 aliphatic carbocycles. The Balaban J connectivity index is 1.96. The molecular formula is C13H23NO3. The van der Waals surface area contributed by atoms with E-state index in [9.17, 15) is 4.79 Å². The lowest BCUT2D eigenvalue weighted by Crippen LogP contribution is -2.62. The summed E-state index contributed by atoms with van der Waals surface area (Å²) < 4.78 is 6.03. The third-order valence-electron chi connectivity index (χ3n) is 3.70. The van der Waals surface area contributed by atoms with E-state index in [0.717, 1.165) is 25.9 Å². The zero-order chi connectivity index (χ0) is 12.8. The molecule has 4 nitrogen and oxygen atoms in total. The number of morpholine rings is 1. The average Bonchev–Trinajstić information content (AvgIpc) is 1.91. The monoisotopic (exact) mass is 241 g/mol. The second kappa shape index (κ2) is 3.95. The van der Waals surface area contributed by atoms with Gasteiger partial charge in [-0.3, -0.25) is 9.69 Å². The molecule has 1 saturated heterocycles. The Hall–Kier alpha value is -0.610. The summed E-state index contributed by atoms with van der Waals surface area (Å²) in [5.41, 5.74) is -0.286. The predicted octanol–water partition coefficient (Wildman–Crippen LogP) is 1.74. The van der Waals surface area contributed by atoms with Gasteiger partial charge < -0.3 is 9.84 Å². The Morgan fingerprint density at radius 2 is 1.65 bits per heavy atom. The summed E-state index contributed by atoms with van der Waals surface area (Å²) in [4.78, 5) is 13.2. The first-order chi connectivity index (χ1) is 7.69. The second-order valence-electron chi connectivity index (χ2n) is 6.69. The molecule has 1 heterocycles. The number of hydrogen-bond donors (Lipinski definition) is 1. The van der Waals surface area contributed by atoms with E-state index in [-0.39, 0.29) is 17.1 Å². The Kier molecular flexibility index (Phi) is 2.99. The van der Waals surface area contributed by atoms with Gasteiger partial charge in [0.25, 0.3) is 0 Å². The summed E-state index contributed by atoms with van der Waals surface area (Å²) in [6.45, 7) is 10.2. The Bertz CT molecular complexity index is 303. The van der Waals surface area contributed by atoms with Gasteiger partial charge in [0.2, 0.25) is 0 Å². The van der Waals surface area contributed by atoms with E-state index in [1.54, 1.807) is 0 Å². The topological polar surface area (TPSA) is 49.8 Å². The molecule has 4 heteroatoms. The Morgan fingerprint density at radius 3 is 2.06 bits per heavy atom. The molecule has 0 bridgehead atoms. The third-order valence-corrected chi connectivity index (χ3v) is 3.70. The number of aliphatic carboxylic acids is 1. The largest absolute Gasteiger partial charge is 0.481 e. The zero-order valence-electron chi connectivity index (χ0n) is 11.2. The van der Waals surface area contributed by atoms with Crippen LogP contribution in [0.5, 0.6) is 0 Å². The van der Waals surface area contributed by atoms with Gasteiger partial charge in [-0.15, -0.1) is 0 Å². The van der Waals surface area contributed by atoms with Crippen molar-refractivity contribution in [1.29, 1.82) is 0 Å². The number of hydrogen-bond acceptors (Lipinski definition) is 3. The molecule has 0 spiro atoms. The van der Waals surface area contributed by atoms with Crippen molar-refractivity contribution in [3.8, 4) is 0 Å².